The van der Waals surface area contributed by atoms with Crippen molar-refractivity contribution in [2.75, 3.05) is 7.11 Å². The molecule has 0 aliphatic carbocycles. The zero-order chi connectivity index (χ0) is 10.1. The second kappa shape index (κ2) is 3.73. The summed E-state index contributed by atoms with van der Waals surface area (Å²) in [6, 6.07) is 0. The van der Waals surface area contributed by atoms with E-state index >= 15 is 0 Å². The molecular formula is C9H11BrN2O2. The minimum absolute atomic E-state index is 0.0261. The molecule has 0 saturated heterocycles. The van der Waals surface area contributed by atoms with Gasteiger partial charge in [-0.15, -0.1) is 0 Å². The predicted octanol–water partition coefficient (Wildman–Crippen LogP) is 1.38. The van der Waals surface area contributed by atoms with E-state index in [2.05, 4.69) is 25.5 Å². The minimum atomic E-state index is -0.129. The molecule has 0 aromatic carbocycles. The Labute approximate surface area is 90.4 Å². The Bertz CT molecular complexity index is 362. The Hall–Kier alpha value is -0.840. The second-order valence-corrected chi connectivity index (χ2v) is 4.17. The quantitative estimate of drug-likeness (QED) is 0.716. The van der Waals surface area contributed by atoms with E-state index in [0.29, 0.717) is 6.42 Å². The molecule has 0 N–H and O–H groups in total. The smallest absolute Gasteiger partial charge is 0.309 e. The van der Waals surface area contributed by atoms with Crippen LogP contribution >= 0.6 is 15.9 Å². The van der Waals surface area contributed by atoms with Crippen LogP contribution in [-0.2, 0) is 22.5 Å². The van der Waals surface area contributed by atoms with E-state index < -0.39 is 0 Å². The molecule has 76 valence electrons. The highest BCUT2D eigenvalue weighted by molar-refractivity contribution is 9.10. The van der Waals surface area contributed by atoms with Crippen LogP contribution in [0.3, 0.4) is 0 Å². The van der Waals surface area contributed by atoms with Crippen LogP contribution in [-0.4, -0.2) is 22.6 Å². The maximum atomic E-state index is 11.3. The predicted molar refractivity (Wildman–Crippen MR) is 53.8 cm³/mol. The van der Waals surface area contributed by atoms with E-state index in [1.54, 1.807) is 6.20 Å². The third-order valence-corrected chi connectivity index (χ3v) is 3.19. The molecule has 2 rings (SSSR count). The lowest BCUT2D eigenvalue weighted by atomic mass is 9.98. The number of aromatic nitrogens is 2. The van der Waals surface area contributed by atoms with E-state index in [-0.39, 0.29) is 11.9 Å². The summed E-state index contributed by atoms with van der Waals surface area (Å²) in [5.41, 5.74) is 0. The molecule has 1 aliphatic rings. The van der Waals surface area contributed by atoms with Crippen LogP contribution in [0.25, 0.3) is 0 Å². The molecule has 0 saturated carbocycles. The summed E-state index contributed by atoms with van der Waals surface area (Å²) >= 11 is 3.41. The van der Waals surface area contributed by atoms with Gasteiger partial charge in [-0.25, -0.2) is 4.98 Å². The molecular weight excluding hydrogens is 248 g/mol. The molecule has 5 heteroatoms. The first-order chi connectivity index (χ1) is 6.72. The van der Waals surface area contributed by atoms with Crippen LogP contribution in [0, 0.1) is 5.92 Å². The molecule has 1 aliphatic heterocycles. The number of rotatable bonds is 1. The number of nitrogens with zero attached hydrogens (tertiary/aromatic N) is 2. The van der Waals surface area contributed by atoms with Gasteiger partial charge >= 0.3 is 5.97 Å². The van der Waals surface area contributed by atoms with Crippen molar-refractivity contribution in [1.82, 2.24) is 9.55 Å². The third-order valence-electron chi connectivity index (χ3n) is 2.55. The molecule has 0 spiro atoms. The maximum Gasteiger partial charge on any atom is 0.309 e. The van der Waals surface area contributed by atoms with E-state index in [9.17, 15) is 4.79 Å². The average Bonchev–Trinajstić information content (AvgIpc) is 2.59. The Morgan fingerprint density at radius 2 is 2.57 bits per heavy atom. The van der Waals surface area contributed by atoms with E-state index in [1.165, 1.54) is 7.11 Å². The van der Waals surface area contributed by atoms with Crippen LogP contribution in [0.1, 0.15) is 12.2 Å². The van der Waals surface area contributed by atoms with E-state index in [0.717, 1.165) is 23.4 Å². The van der Waals surface area contributed by atoms with Crippen LogP contribution in [0.4, 0.5) is 0 Å². The summed E-state index contributed by atoms with van der Waals surface area (Å²) in [4.78, 5) is 15.5. The van der Waals surface area contributed by atoms with Crippen molar-refractivity contribution in [3.05, 3.63) is 16.6 Å². The molecule has 1 unspecified atom stereocenters. The highest BCUT2D eigenvalue weighted by atomic mass is 79.9. The van der Waals surface area contributed by atoms with Crippen LogP contribution in [0.5, 0.6) is 0 Å². The van der Waals surface area contributed by atoms with Gasteiger partial charge in [-0.3, -0.25) is 4.79 Å². The van der Waals surface area contributed by atoms with Crippen molar-refractivity contribution < 1.29 is 9.53 Å². The Balaban J connectivity index is 2.18. The van der Waals surface area contributed by atoms with E-state index in [1.807, 2.05) is 0 Å². The maximum absolute atomic E-state index is 11.3. The normalized spacial score (nSPS) is 20.3. The molecule has 0 radical (unpaired) electrons. The van der Waals surface area contributed by atoms with Gasteiger partial charge < -0.3 is 9.30 Å². The Kier molecular flexibility index (Phi) is 2.58. The number of fused-ring (bicyclic) bond motifs is 1. The topological polar surface area (TPSA) is 44.1 Å². The highest BCUT2D eigenvalue weighted by Crippen LogP contribution is 2.24. The number of esters is 1. The molecule has 1 atom stereocenters. The van der Waals surface area contributed by atoms with Crippen LogP contribution in [0.2, 0.25) is 0 Å². The van der Waals surface area contributed by atoms with Crippen molar-refractivity contribution >= 4 is 21.9 Å². The molecule has 14 heavy (non-hydrogen) atoms. The van der Waals surface area contributed by atoms with Gasteiger partial charge in [0.2, 0.25) is 0 Å². The fraction of sp³-hybridized carbons (Fsp3) is 0.556. The summed E-state index contributed by atoms with van der Waals surface area (Å²) in [5.74, 6) is 0.802. The van der Waals surface area contributed by atoms with E-state index in [4.69, 9.17) is 4.74 Å². The van der Waals surface area contributed by atoms with Crippen molar-refractivity contribution in [3.63, 3.8) is 0 Å². The van der Waals surface area contributed by atoms with Crippen molar-refractivity contribution in [3.8, 4) is 0 Å². The number of hydrogen-bond acceptors (Lipinski definition) is 3. The Morgan fingerprint density at radius 3 is 3.29 bits per heavy atom. The lowest BCUT2D eigenvalue weighted by molar-refractivity contribution is -0.146. The van der Waals surface area contributed by atoms with Crippen molar-refractivity contribution in [2.45, 2.75) is 19.4 Å². The standard InChI is InChI=1S/C9H11BrN2O2/c1-14-9(13)6-2-3-12-7(10)5-11-8(12)4-6/h5-6H,2-4H2,1H3. The van der Waals surface area contributed by atoms with Gasteiger partial charge in [0.1, 0.15) is 10.4 Å². The first-order valence-electron chi connectivity index (χ1n) is 4.50. The van der Waals surface area contributed by atoms with Gasteiger partial charge in [-0.1, -0.05) is 0 Å². The van der Waals surface area contributed by atoms with Crippen LogP contribution in [0.15, 0.2) is 10.8 Å². The number of ether oxygens (including phenoxy) is 1. The molecule has 0 amide bonds. The highest BCUT2D eigenvalue weighted by Gasteiger charge is 2.26. The van der Waals surface area contributed by atoms with Gasteiger partial charge in [-0.05, 0) is 22.4 Å². The average molecular weight is 259 g/mol. The molecule has 1 aromatic heterocycles. The number of hydrogen-bond donors (Lipinski definition) is 0. The van der Waals surface area contributed by atoms with Gasteiger partial charge in [0, 0.05) is 13.0 Å². The first-order valence-corrected chi connectivity index (χ1v) is 5.29. The zero-order valence-corrected chi connectivity index (χ0v) is 9.45. The second-order valence-electron chi connectivity index (χ2n) is 3.36. The number of methoxy groups -OCH3 is 1. The molecule has 0 bridgehead atoms. The third kappa shape index (κ3) is 1.56. The summed E-state index contributed by atoms with van der Waals surface area (Å²) in [5, 5.41) is 0. The number of imidazole rings is 1. The molecule has 2 heterocycles. The largest absolute Gasteiger partial charge is 0.469 e. The molecule has 0 fully saturated rings. The summed E-state index contributed by atoms with van der Waals surface area (Å²) in [7, 11) is 1.43. The molecule has 4 nitrogen and oxygen atoms in total. The van der Waals surface area contributed by atoms with Crippen molar-refractivity contribution in [2.24, 2.45) is 5.92 Å². The van der Waals surface area contributed by atoms with Gasteiger partial charge in [-0.2, -0.15) is 0 Å². The summed E-state index contributed by atoms with van der Waals surface area (Å²) < 4.78 is 7.79. The van der Waals surface area contributed by atoms with Crippen molar-refractivity contribution in [1.29, 1.82) is 0 Å². The molecule has 1 aromatic rings. The number of carbonyl (C=O) groups excluding carboxylic acids is 1. The monoisotopic (exact) mass is 258 g/mol. The Morgan fingerprint density at radius 1 is 1.79 bits per heavy atom. The van der Waals surface area contributed by atoms with Gasteiger partial charge in [0.05, 0.1) is 19.2 Å². The number of carbonyl (C=O) groups is 1. The first kappa shape index (κ1) is 9.71. The fourth-order valence-electron chi connectivity index (χ4n) is 1.76. The lowest BCUT2D eigenvalue weighted by Gasteiger charge is -2.21. The summed E-state index contributed by atoms with van der Waals surface area (Å²) in [6.07, 6.45) is 3.28. The van der Waals surface area contributed by atoms with Gasteiger partial charge in [0.15, 0.2) is 0 Å². The van der Waals surface area contributed by atoms with Crippen LogP contribution < -0.4 is 0 Å². The number of halogens is 1. The lowest BCUT2D eigenvalue weighted by Crippen LogP contribution is -2.26. The van der Waals surface area contributed by atoms with Gasteiger partial charge in [0.25, 0.3) is 0 Å². The zero-order valence-electron chi connectivity index (χ0n) is 7.86. The summed E-state index contributed by atoms with van der Waals surface area (Å²) in [6.45, 7) is 0.829. The SMILES string of the molecule is COC(=O)C1CCn2c(Br)cnc2C1. The minimum Gasteiger partial charge on any atom is -0.469 e. The fourth-order valence-corrected chi connectivity index (χ4v) is 2.25.